The maximum atomic E-state index is 12.5. The molecule has 0 saturated carbocycles. The van der Waals surface area contributed by atoms with E-state index in [0.717, 1.165) is 16.9 Å². The number of furan rings is 1. The zero-order valence-electron chi connectivity index (χ0n) is 14.6. The number of carbonyl (C=O) groups excluding carboxylic acids is 1. The van der Waals surface area contributed by atoms with Crippen LogP contribution in [0.1, 0.15) is 27.2 Å². The number of aryl methyl sites for hydroxylation is 2. The van der Waals surface area contributed by atoms with Crippen LogP contribution in [0, 0.1) is 13.8 Å². The van der Waals surface area contributed by atoms with Gasteiger partial charge in [0.1, 0.15) is 17.3 Å². The average Bonchev–Trinajstić information content (AvgIpc) is 3.02. The summed E-state index contributed by atoms with van der Waals surface area (Å²) >= 11 is 0. The summed E-state index contributed by atoms with van der Waals surface area (Å²) in [6.07, 6.45) is 0. The Hall–Kier alpha value is -3.01. The molecular weight excluding hydrogens is 314 g/mol. The fourth-order valence-electron chi connectivity index (χ4n) is 2.69. The topological polar surface area (TPSA) is 51.5 Å². The smallest absolute Gasteiger partial charge is 0.255 e. The molecule has 128 valence electrons. The summed E-state index contributed by atoms with van der Waals surface area (Å²) in [5.74, 6) is 1.89. The molecule has 3 rings (SSSR count). The first-order chi connectivity index (χ1) is 12.1. The van der Waals surface area contributed by atoms with E-state index >= 15 is 0 Å². The molecule has 1 heterocycles. The number of hydrogen-bond donors (Lipinski definition) is 1. The second-order valence-electron chi connectivity index (χ2n) is 5.94. The maximum Gasteiger partial charge on any atom is 0.255 e. The molecule has 4 nitrogen and oxygen atoms in total. The second kappa shape index (κ2) is 7.26. The van der Waals surface area contributed by atoms with Gasteiger partial charge in [-0.1, -0.05) is 48.0 Å². The number of hydrogen-bond acceptors (Lipinski definition) is 3. The van der Waals surface area contributed by atoms with Crippen molar-refractivity contribution in [2.75, 3.05) is 7.11 Å². The standard InChI is InChI=1S/C21H21NO3/c1-14-8-10-16(11-9-14)20-12-18(15(2)25-20)21(23)22-13-17-6-4-5-7-19(17)24-3/h4-12H,13H2,1-3H3,(H,22,23). The lowest BCUT2D eigenvalue weighted by Crippen LogP contribution is -2.23. The highest BCUT2D eigenvalue weighted by Crippen LogP contribution is 2.26. The van der Waals surface area contributed by atoms with Crippen LogP contribution >= 0.6 is 0 Å². The summed E-state index contributed by atoms with van der Waals surface area (Å²) in [6, 6.07) is 17.4. The Bertz CT molecular complexity index is 878. The minimum absolute atomic E-state index is 0.162. The van der Waals surface area contributed by atoms with Gasteiger partial charge in [0, 0.05) is 17.7 Å². The molecule has 0 bridgehead atoms. The average molecular weight is 335 g/mol. The Labute approximate surface area is 147 Å². The van der Waals surface area contributed by atoms with Crippen molar-refractivity contribution >= 4 is 5.91 Å². The van der Waals surface area contributed by atoms with Crippen LogP contribution in [0.4, 0.5) is 0 Å². The van der Waals surface area contributed by atoms with Crippen LogP contribution in [0.15, 0.2) is 59.0 Å². The van der Waals surface area contributed by atoms with E-state index in [1.165, 1.54) is 5.56 Å². The molecule has 0 radical (unpaired) electrons. The number of ether oxygens (including phenoxy) is 1. The monoisotopic (exact) mass is 335 g/mol. The van der Waals surface area contributed by atoms with E-state index in [9.17, 15) is 4.79 Å². The molecule has 1 N–H and O–H groups in total. The number of methoxy groups -OCH3 is 1. The molecule has 1 amide bonds. The summed E-state index contributed by atoms with van der Waals surface area (Å²) in [5, 5.41) is 2.93. The lowest BCUT2D eigenvalue weighted by atomic mass is 10.1. The molecule has 0 saturated heterocycles. The third kappa shape index (κ3) is 3.74. The highest BCUT2D eigenvalue weighted by Gasteiger charge is 2.16. The van der Waals surface area contributed by atoms with Crippen molar-refractivity contribution in [3.8, 4) is 17.1 Å². The zero-order chi connectivity index (χ0) is 17.8. The van der Waals surface area contributed by atoms with E-state index in [1.807, 2.05) is 55.5 Å². The number of amides is 1. The van der Waals surface area contributed by atoms with Crippen LogP contribution in [0.25, 0.3) is 11.3 Å². The number of benzene rings is 2. The van der Waals surface area contributed by atoms with E-state index in [-0.39, 0.29) is 5.91 Å². The number of carbonyl (C=O) groups is 1. The fraction of sp³-hybridized carbons (Fsp3) is 0.190. The molecule has 0 aliphatic rings. The van der Waals surface area contributed by atoms with Crippen LogP contribution < -0.4 is 10.1 Å². The SMILES string of the molecule is COc1ccccc1CNC(=O)c1cc(-c2ccc(C)cc2)oc1C. The Kier molecular flexibility index (Phi) is 4.89. The van der Waals surface area contributed by atoms with Gasteiger partial charge in [-0.3, -0.25) is 4.79 Å². The Morgan fingerprint density at radius 2 is 1.80 bits per heavy atom. The van der Waals surface area contributed by atoms with Gasteiger partial charge in [-0.25, -0.2) is 0 Å². The van der Waals surface area contributed by atoms with Gasteiger partial charge in [-0.05, 0) is 26.0 Å². The van der Waals surface area contributed by atoms with Crippen LogP contribution in [0.2, 0.25) is 0 Å². The van der Waals surface area contributed by atoms with E-state index in [2.05, 4.69) is 5.32 Å². The molecule has 0 aliphatic heterocycles. The quantitative estimate of drug-likeness (QED) is 0.747. The minimum Gasteiger partial charge on any atom is -0.496 e. The molecule has 25 heavy (non-hydrogen) atoms. The zero-order valence-corrected chi connectivity index (χ0v) is 14.6. The molecule has 0 atom stereocenters. The minimum atomic E-state index is -0.162. The predicted octanol–water partition coefficient (Wildman–Crippen LogP) is 4.50. The third-order valence-corrected chi connectivity index (χ3v) is 4.13. The van der Waals surface area contributed by atoms with E-state index < -0.39 is 0 Å². The molecule has 2 aromatic carbocycles. The second-order valence-corrected chi connectivity index (χ2v) is 5.94. The van der Waals surface area contributed by atoms with Crippen molar-refractivity contribution in [2.45, 2.75) is 20.4 Å². The lowest BCUT2D eigenvalue weighted by Gasteiger charge is -2.09. The fourth-order valence-corrected chi connectivity index (χ4v) is 2.69. The summed E-state index contributed by atoms with van der Waals surface area (Å²) in [5.41, 5.74) is 3.61. The highest BCUT2D eigenvalue weighted by atomic mass is 16.5. The molecule has 0 fully saturated rings. The Morgan fingerprint density at radius 3 is 2.52 bits per heavy atom. The molecule has 4 heteroatoms. The largest absolute Gasteiger partial charge is 0.496 e. The van der Waals surface area contributed by atoms with E-state index in [4.69, 9.17) is 9.15 Å². The number of para-hydroxylation sites is 1. The van der Waals surface area contributed by atoms with Crippen LogP contribution in [-0.2, 0) is 6.54 Å². The molecule has 0 aliphatic carbocycles. The van der Waals surface area contributed by atoms with Crippen molar-refractivity contribution in [2.24, 2.45) is 0 Å². The number of nitrogens with one attached hydrogen (secondary N) is 1. The summed E-state index contributed by atoms with van der Waals surface area (Å²) in [4.78, 5) is 12.5. The van der Waals surface area contributed by atoms with E-state index in [0.29, 0.717) is 23.6 Å². The molecule has 0 spiro atoms. The van der Waals surface area contributed by atoms with Gasteiger partial charge in [0.05, 0.1) is 12.7 Å². The van der Waals surface area contributed by atoms with Gasteiger partial charge in [-0.2, -0.15) is 0 Å². The first-order valence-electron chi connectivity index (χ1n) is 8.16. The van der Waals surface area contributed by atoms with Crippen LogP contribution in [0.5, 0.6) is 5.75 Å². The van der Waals surface area contributed by atoms with Crippen molar-refractivity contribution < 1.29 is 13.9 Å². The Balaban J connectivity index is 1.75. The summed E-state index contributed by atoms with van der Waals surface area (Å²) in [7, 11) is 1.62. The van der Waals surface area contributed by atoms with Crippen LogP contribution in [0.3, 0.4) is 0 Å². The third-order valence-electron chi connectivity index (χ3n) is 4.13. The van der Waals surface area contributed by atoms with Crippen molar-refractivity contribution in [1.82, 2.24) is 5.32 Å². The van der Waals surface area contributed by atoms with Crippen molar-refractivity contribution in [1.29, 1.82) is 0 Å². The molecule has 0 unspecified atom stereocenters. The van der Waals surface area contributed by atoms with Gasteiger partial charge in [-0.15, -0.1) is 0 Å². The first-order valence-corrected chi connectivity index (χ1v) is 8.16. The highest BCUT2D eigenvalue weighted by molar-refractivity contribution is 5.96. The van der Waals surface area contributed by atoms with E-state index in [1.54, 1.807) is 20.1 Å². The van der Waals surface area contributed by atoms with Gasteiger partial charge in [0.15, 0.2) is 0 Å². The van der Waals surface area contributed by atoms with Gasteiger partial charge in [0.25, 0.3) is 5.91 Å². The molecular formula is C21H21NO3. The first kappa shape index (κ1) is 16.8. The lowest BCUT2D eigenvalue weighted by molar-refractivity contribution is 0.0949. The predicted molar refractivity (Wildman–Crippen MR) is 97.8 cm³/mol. The number of rotatable bonds is 5. The van der Waals surface area contributed by atoms with Gasteiger partial charge in [0.2, 0.25) is 0 Å². The summed E-state index contributed by atoms with van der Waals surface area (Å²) < 4.78 is 11.1. The van der Waals surface area contributed by atoms with Gasteiger partial charge < -0.3 is 14.5 Å². The maximum absolute atomic E-state index is 12.5. The Morgan fingerprint density at radius 1 is 1.08 bits per heavy atom. The van der Waals surface area contributed by atoms with Crippen molar-refractivity contribution in [3.05, 3.63) is 77.0 Å². The van der Waals surface area contributed by atoms with Crippen molar-refractivity contribution in [3.63, 3.8) is 0 Å². The van der Waals surface area contributed by atoms with Gasteiger partial charge >= 0.3 is 0 Å². The molecule has 1 aromatic heterocycles. The molecule has 3 aromatic rings. The summed E-state index contributed by atoms with van der Waals surface area (Å²) in [6.45, 7) is 4.23. The normalized spacial score (nSPS) is 10.5. The van der Waals surface area contributed by atoms with Crippen LogP contribution in [-0.4, -0.2) is 13.0 Å².